The molecule has 10 nitrogen and oxygen atoms in total. The maximum atomic E-state index is 12.5. The van der Waals surface area contributed by atoms with Crippen LogP contribution in [0, 0.1) is 25.2 Å². The van der Waals surface area contributed by atoms with Crippen LogP contribution >= 0.6 is 0 Å². The largest absolute Gasteiger partial charge is 0.306 e. The molecular formula is C58H36N10. The molecule has 14 aromatic rings. The van der Waals surface area contributed by atoms with Crippen LogP contribution in [0.1, 0.15) is 17.0 Å². The van der Waals surface area contributed by atoms with E-state index in [-0.39, 0.29) is 0 Å². The van der Waals surface area contributed by atoms with Crippen LogP contribution in [0.2, 0.25) is 0 Å². The third kappa shape index (κ3) is 5.07. The van der Waals surface area contributed by atoms with Gasteiger partial charge >= 0.3 is 0 Å². The van der Waals surface area contributed by atoms with Crippen molar-refractivity contribution >= 4 is 87.2 Å². The minimum Gasteiger partial charge on any atom is -0.306 e. The Morgan fingerprint density at radius 3 is 1.12 bits per heavy atom. The molecule has 9 aromatic heterocycles. The van der Waals surface area contributed by atoms with E-state index in [2.05, 4.69) is 165 Å². The number of nitrogens with zero attached hydrogens (tertiary/aromatic N) is 10. The predicted molar refractivity (Wildman–Crippen MR) is 272 cm³/mol. The molecule has 0 amide bonds. The molecule has 0 aliphatic carbocycles. The van der Waals surface area contributed by atoms with Crippen molar-refractivity contribution in [3.05, 3.63) is 200 Å². The Hall–Kier alpha value is -9.46. The quantitative estimate of drug-likeness (QED) is 0.170. The van der Waals surface area contributed by atoms with Gasteiger partial charge in [0.05, 0.1) is 91.7 Å². The molecule has 318 valence electrons. The van der Waals surface area contributed by atoms with Crippen LogP contribution < -0.4 is 0 Å². The van der Waals surface area contributed by atoms with Gasteiger partial charge in [0.2, 0.25) is 0 Å². The van der Waals surface area contributed by atoms with Crippen molar-refractivity contribution in [1.82, 2.24) is 43.2 Å². The topological polar surface area (TPSA) is 108 Å². The van der Waals surface area contributed by atoms with E-state index in [1.165, 1.54) is 0 Å². The van der Waals surface area contributed by atoms with Crippen molar-refractivity contribution in [2.24, 2.45) is 0 Å². The highest BCUT2D eigenvalue weighted by molar-refractivity contribution is 6.17. The molecular weight excluding hydrogens is 837 g/mol. The average molecular weight is 873 g/mol. The first-order valence-electron chi connectivity index (χ1n) is 22.5. The number of benzene rings is 5. The summed E-state index contributed by atoms with van der Waals surface area (Å²) in [6, 6.07) is 49.4. The second kappa shape index (κ2) is 14.3. The Labute approximate surface area is 387 Å². The smallest absolute Gasteiger partial charge is 0.104 e. The normalized spacial score (nSPS) is 12.0. The third-order valence-electron chi connectivity index (χ3n) is 13.8. The van der Waals surface area contributed by atoms with Gasteiger partial charge in [0.15, 0.2) is 0 Å². The monoisotopic (exact) mass is 872 g/mol. The molecule has 10 heteroatoms. The van der Waals surface area contributed by atoms with Crippen molar-refractivity contribution < 1.29 is 0 Å². The molecule has 0 spiro atoms. The molecule has 0 aliphatic rings. The Kier molecular flexibility index (Phi) is 7.95. The Balaban J connectivity index is 1.38. The minimum absolute atomic E-state index is 0.449. The predicted octanol–water partition coefficient (Wildman–Crippen LogP) is 13.2. The first-order chi connectivity index (χ1) is 33.6. The summed E-state index contributed by atoms with van der Waals surface area (Å²) in [5.41, 5.74) is 14.1. The maximum absolute atomic E-state index is 12.5. The summed E-state index contributed by atoms with van der Waals surface area (Å²) < 4.78 is 9.21. The van der Waals surface area contributed by atoms with E-state index < -0.39 is 0 Å². The van der Waals surface area contributed by atoms with Gasteiger partial charge in [0.1, 0.15) is 11.6 Å². The van der Waals surface area contributed by atoms with Gasteiger partial charge in [-0.25, -0.2) is 0 Å². The maximum Gasteiger partial charge on any atom is 0.104 e. The van der Waals surface area contributed by atoms with E-state index in [0.717, 1.165) is 121 Å². The minimum atomic E-state index is 0.449. The van der Waals surface area contributed by atoms with Crippen molar-refractivity contribution in [3.8, 4) is 39.9 Å². The average Bonchev–Trinajstić information content (AvgIpc) is 4.11. The fraction of sp³-hybridized carbons (Fsp3) is 0.0345. The van der Waals surface area contributed by atoms with Gasteiger partial charge in [-0.15, -0.1) is 0 Å². The first kappa shape index (κ1) is 37.9. The van der Waals surface area contributed by atoms with Gasteiger partial charge in [-0.05, 0) is 68.4 Å². The lowest BCUT2D eigenvalue weighted by Gasteiger charge is -2.29. The number of aryl methyl sites for hydroxylation is 2. The van der Waals surface area contributed by atoms with Gasteiger partial charge in [0, 0.05) is 90.4 Å². The van der Waals surface area contributed by atoms with Crippen molar-refractivity contribution in [2.75, 3.05) is 0 Å². The fourth-order valence-corrected chi connectivity index (χ4v) is 11.1. The number of rotatable bonds is 5. The lowest BCUT2D eigenvalue weighted by Crippen LogP contribution is -2.17. The summed E-state index contributed by atoms with van der Waals surface area (Å²) in [4.78, 5) is 24.4. The molecule has 0 bridgehead atoms. The van der Waals surface area contributed by atoms with Crippen LogP contribution in [-0.4, -0.2) is 43.2 Å². The van der Waals surface area contributed by atoms with Gasteiger partial charge in [-0.3, -0.25) is 24.9 Å². The van der Waals surface area contributed by atoms with Crippen LogP contribution in [0.3, 0.4) is 0 Å². The second-order valence-electron chi connectivity index (χ2n) is 17.3. The number of fused-ring (bicyclic) bond motifs is 12. The van der Waals surface area contributed by atoms with Gasteiger partial charge in [-0.2, -0.15) is 5.26 Å². The Morgan fingerprint density at radius 2 is 0.721 bits per heavy atom. The molecule has 0 aliphatic heterocycles. The van der Waals surface area contributed by atoms with Crippen molar-refractivity contribution in [3.63, 3.8) is 0 Å². The van der Waals surface area contributed by atoms with E-state index in [0.29, 0.717) is 16.9 Å². The van der Waals surface area contributed by atoms with E-state index in [1.54, 1.807) is 0 Å². The molecule has 0 saturated carbocycles. The van der Waals surface area contributed by atoms with Crippen LogP contribution in [0.15, 0.2) is 183 Å². The van der Waals surface area contributed by atoms with E-state index in [9.17, 15) is 5.26 Å². The van der Waals surface area contributed by atoms with Crippen LogP contribution in [0.4, 0.5) is 0 Å². The lowest BCUT2D eigenvalue weighted by atomic mass is 9.92. The summed E-state index contributed by atoms with van der Waals surface area (Å²) in [5.74, 6) is 0. The molecule has 5 aromatic carbocycles. The zero-order chi connectivity index (χ0) is 45.2. The number of aromatic nitrogens is 9. The van der Waals surface area contributed by atoms with Crippen molar-refractivity contribution in [2.45, 2.75) is 13.8 Å². The molecule has 68 heavy (non-hydrogen) atoms. The van der Waals surface area contributed by atoms with E-state index in [1.807, 2.05) is 56.5 Å². The molecule has 0 radical (unpaired) electrons. The molecule has 9 heterocycles. The Bertz CT molecular complexity index is 4290. The number of nitriles is 1. The highest BCUT2D eigenvalue weighted by Gasteiger charge is 2.35. The molecule has 0 fully saturated rings. The number of hydrogen-bond acceptors (Lipinski definition) is 6. The van der Waals surface area contributed by atoms with Crippen LogP contribution in [0.5, 0.6) is 0 Å². The molecule has 0 saturated heterocycles. The van der Waals surface area contributed by atoms with Crippen LogP contribution in [0.25, 0.3) is 121 Å². The number of hydrogen-bond donors (Lipinski definition) is 0. The van der Waals surface area contributed by atoms with E-state index >= 15 is 0 Å². The molecule has 0 atom stereocenters. The van der Waals surface area contributed by atoms with Gasteiger partial charge in [-0.1, -0.05) is 78.9 Å². The van der Waals surface area contributed by atoms with Crippen LogP contribution in [-0.2, 0) is 0 Å². The summed E-state index contributed by atoms with van der Waals surface area (Å²) >= 11 is 0. The summed E-state index contributed by atoms with van der Waals surface area (Å²) in [7, 11) is 0. The summed E-state index contributed by atoms with van der Waals surface area (Å²) in [6.45, 7) is 4.09. The third-order valence-corrected chi connectivity index (χ3v) is 13.8. The van der Waals surface area contributed by atoms with Gasteiger partial charge in [0.25, 0.3) is 0 Å². The molecule has 0 unspecified atom stereocenters. The highest BCUT2D eigenvalue weighted by Crippen LogP contribution is 2.52. The molecule has 14 rings (SSSR count). The highest BCUT2D eigenvalue weighted by atomic mass is 15.1. The SMILES string of the molecule is Cc1ccc(-c2c(-n3c4ccccc4c4ccncc43)c(C#N)c(-n3c4ccccc4c4ccncc43)c(-n3c4ccccc4c4ccncc43)c2-n2c3ccccc3c3ccncc32)c(C)n1. The van der Waals surface area contributed by atoms with E-state index in [4.69, 9.17) is 24.9 Å². The zero-order valence-corrected chi connectivity index (χ0v) is 36.8. The summed E-state index contributed by atoms with van der Waals surface area (Å²) in [6.07, 6.45) is 15.1. The second-order valence-corrected chi connectivity index (χ2v) is 17.3. The van der Waals surface area contributed by atoms with Crippen molar-refractivity contribution in [1.29, 1.82) is 5.26 Å². The first-order valence-corrected chi connectivity index (χ1v) is 22.5. The number of pyridine rings is 5. The zero-order valence-electron chi connectivity index (χ0n) is 36.8. The lowest BCUT2D eigenvalue weighted by molar-refractivity contribution is 1.02. The Morgan fingerprint density at radius 1 is 0.368 bits per heavy atom. The number of para-hydroxylation sites is 4. The fourth-order valence-electron chi connectivity index (χ4n) is 11.1. The summed E-state index contributed by atoms with van der Waals surface area (Å²) in [5, 5.41) is 20.8. The molecule has 0 N–H and O–H groups in total. The standard InChI is InChI=1S/C58H36N10/c1-34-19-20-36(35(2)64-34)54-55(65-46-15-7-3-11-37(46)41-21-25-60-30-50(41)65)45(29-59)56(66-47-16-8-4-12-38(47)42-22-26-61-31-51(42)66)58(68-49-18-10-6-14-40(49)44-24-28-63-33-53(44)68)57(54)67-48-17-9-5-13-39(48)43-23-27-62-32-52(43)67/h3-28,30-33H,1-2H3. The van der Waals surface area contributed by atoms with Gasteiger partial charge < -0.3 is 18.3 Å².